The molecule has 0 fully saturated rings. The standard InChI is InChI=1S/C16H9Cl2FN4O4/c17-8-3-10-15(11(18)4-8)20-7-21-16(10)27-6-14(24)22-13-5-9(23(25)26)1-2-12(13)19/h1-5,7H,6H2,(H,22,24). The molecular formula is C16H9Cl2FN4O4. The first-order valence-corrected chi connectivity index (χ1v) is 8.07. The van der Waals surface area contributed by atoms with Crippen molar-refractivity contribution in [3.63, 3.8) is 0 Å². The number of aromatic nitrogens is 2. The molecule has 27 heavy (non-hydrogen) atoms. The van der Waals surface area contributed by atoms with Gasteiger partial charge in [-0.25, -0.2) is 14.4 Å². The molecule has 0 saturated heterocycles. The lowest BCUT2D eigenvalue weighted by atomic mass is 10.2. The largest absolute Gasteiger partial charge is 0.467 e. The number of carbonyl (C=O) groups excluding carboxylic acids is 1. The van der Waals surface area contributed by atoms with E-state index in [1.807, 2.05) is 0 Å². The van der Waals surface area contributed by atoms with E-state index in [4.69, 9.17) is 27.9 Å². The zero-order valence-electron chi connectivity index (χ0n) is 13.3. The van der Waals surface area contributed by atoms with Crippen LogP contribution in [0.1, 0.15) is 0 Å². The summed E-state index contributed by atoms with van der Waals surface area (Å²) < 4.78 is 19.1. The first-order chi connectivity index (χ1) is 12.8. The highest BCUT2D eigenvalue weighted by atomic mass is 35.5. The van der Waals surface area contributed by atoms with Crippen LogP contribution >= 0.6 is 23.2 Å². The molecule has 0 aliphatic heterocycles. The fourth-order valence-electron chi connectivity index (χ4n) is 2.23. The van der Waals surface area contributed by atoms with Crippen LogP contribution in [-0.2, 0) is 4.79 Å². The van der Waals surface area contributed by atoms with Crippen molar-refractivity contribution in [2.75, 3.05) is 11.9 Å². The maximum absolute atomic E-state index is 13.7. The molecule has 2 aromatic carbocycles. The fraction of sp³-hybridized carbons (Fsp3) is 0.0625. The Balaban J connectivity index is 1.76. The first-order valence-electron chi connectivity index (χ1n) is 7.31. The third kappa shape index (κ3) is 4.21. The number of rotatable bonds is 5. The van der Waals surface area contributed by atoms with Gasteiger partial charge in [-0.2, -0.15) is 0 Å². The number of fused-ring (bicyclic) bond motifs is 1. The number of hydrogen-bond acceptors (Lipinski definition) is 6. The number of ether oxygens (including phenoxy) is 1. The van der Waals surface area contributed by atoms with Crippen molar-refractivity contribution >= 4 is 51.4 Å². The van der Waals surface area contributed by atoms with E-state index in [1.165, 1.54) is 18.5 Å². The molecule has 1 heterocycles. The summed E-state index contributed by atoms with van der Waals surface area (Å²) in [6.45, 7) is -0.529. The molecule has 1 amide bonds. The van der Waals surface area contributed by atoms with E-state index in [-0.39, 0.29) is 22.3 Å². The maximum atomic E-state index is 13.7. The van der Waals surface area contributed by atoms with E-state index in [0.717, 1.165) is 18.2 Å². The van der Waals surface area contributed by atoms with Crippen molar-refractivity contribution in [1.82, 2.24) is 9.97 Å². The topological polar surface area (TPSA) is 107 Å². The molecule has 0 aliphatic carbocycles. The number of nitro benzene ring substituents is 1. The molecule has 0 saturated carbocycles. The number of non-ortho nitro benzene ring substituents is 1. The Morgan fingerprint density at radius 1 is 1.26 bits per heavy atom. The van der Waals surface area contributed by atoms with E-state index in [2.05, 4.69) is 15.3 Å². The Hall–Kier alpha value is -3.04. The molecule has 11 heteroatoms. The normalized spacial score (nSPS) is 10.6. The van der Waals surface area contributed by atoms with Gasteiger partial charge in [0.05, 0.1) is 26.5 Å². The Morgan fingerprint density at radius 2 is 2.04 bits per heavy atom. The summed E-state index contributed by atoms with van der Waals surface area (Å²) in [4.78, 5) is 30.0. The summed E-state index contributed by atoms with van der Waals surface area (Å²) in [7, 11) is 0. The second-order valence-electron chi connectivity index (χ2n) is 5.22. The number of nitro groups is 1. The van der Waals surface area contributed by atoms with Gasteiger partial charge in [-0.3, -0.25) is 14.9 Å². The summed E-state index contributed by atoms with van der Waals surface area (Å²) in [6, 6.07) is 5.81. The summed E-state index contributed by atoms with van der Waals surface area (Å²) >= 11 is 12.0. The molecule has 8 nitrogen and oxygen atoms in total. The van der Waals surface area contributed by atoms with Crippen molar-refractivity contribution in [2.24, 2.45) is 0 Å². The molecule has 3 aromatic rings. The van der Waals surface area contributed by atoms with Crippen molar-refractivity contribution in [1.29, 1.82) is 0 Å². The van der Waals surface area contributed by atoms with E-state index >= 15 is 0 Å². The van der Waals surface area contributed by atoms with Gasteiger partial charge in [0.1, 0.15) is 12.1 Å². The number of nitrogens with one attached hydrogen (secondary N) is 1. The molecule has 0 unspecified atom stereocenters. The smallest absolute Gasteiger partial charge is 0.271 e. The van der Waals surface area contributed by atoms with Gasteiger partial charge in [0, 0.05) is 17.2 Å². The second-order valence-corrected chi connectivity index (χ2v) is 6.06. The Labute approximate surface area is 161 Å². The number of anilines is 1. The van der Waals surface area contributed by atoms with E-state index in [9.17, 15) is 19.3 Å². The van der Waals surface area contributed by atoms with Gasteiger partial charge in [-0.15, -0.1) is 0 Å². The Morgan fingerprint density at radius 3 is 2.78 bits per heavy atom. The van der Waals surface area contributed by atoms with Crippen molar-refractivity contribution in [3.8, 4) is 5.88 Å². The van der Waals surface area contributed by atoms with Crippen LogP contribution in [0.2, 0.25) is 10.0 Å². The average Bonchev–Trinajstić information content (AvgIpc) is 2.61. The van der Waals surface area contributed by atoms with Crippen LogP contribution in [0.15, 0.2) is 36.7 Å². The average molecular weight is 411 g/mol. The van der Waals surface area contributed by atoms with Crippen LogP contribution in [0.4, 0.5) is 15.8 Å². The maximum Gasteiger partial charge on any atom is 0.271 e. The predicted molar refractivity (Wildman–Crippen MR) is 96.7 cm³/mol. The van der Waals surface area contributed by atoms with Gasteiger partial charge < -0.3 is 10.1 Å². The number of halogens is 3. The van der Waals surface area contributed by atoms with Crippen LogP contribution in [0.5, 0.6) is 5.88 Å². The highest BCUT2D eigenvalue weighted by molar-refractivity contribution is 6.38. The number of nitrogens with zero attached hydrogens (tertiary/aromatic N) is 3. The van der Waals surface area contributed by atoms with E-state index in [0.29, 0.717) is 15.9 Å². The van der Waals surface area contributed by atoms with Crippen molar-refractivity contribution < 1.29 is 18.8 Å². The van der Waals surface area contributed by atoms with Gasteiger partial charge in [0.15, 0.2) is 6.61 Å². The van der Waals surface area contributed by atoms with Crippen LogP contribution in [0.3, 0.4) is 0 Å². The van der Waals surface area contributed by atoms with Gasteiger partial charge in [-0.1, -0.05) is 23.2 Å². The lowest BCUT2D eigenvalue weighted by Gasteiger charge is -2.10. The van der Waals surface area contributed by atoms with Gasteiger partial charge in [-0.05, 0) is 18.2 Å². The van der Waals surface area contributed by atoms with E-state index in [1.54, 1.807) is 0 Å². The minimum absolute atomic E-state index is 0.0547. The lowest BCUT2D eigenvalue weighted by molar-refractivity contribution is -0.384. The Kier molecular flexibility index (Phi) is 5.33. The lowest BCUT2D eigenvalue weighted by Crippen LogP contribution is -2.21. The molecule has 0 radical (unpaired) electrons. The molecule has 0 bridgehead atoms. The molecule has 1 N–H and O–H groups in total. The quantitative estimate of drug-likeness (QED) is 0.502. The first kappa shape index (κ1) is 18.7. The van der Waals surface area contributed by atoms with Crippen LogP contribution < -0.4 is 10.1 Å². The minimum atomic E-state index is -0.819. The molecule has 138 valence electrons. The molecule has 3 rings (SSSR count). The summed E-state index contributed by atoms with van der Waals surface area (Å²) in [5.41, 5.74) is -0.314. The highest BCUT2D eigenvalue weighted by Crippen LogP contribution is 2.30. The van der Waals surface area contributed by atoms with Crippen LogP contribution in [-0.4, -0.2) is 27.4 Å². The number of carbonyl (C=O) groups is 1. The number of benzene rings is 2. The number of amides is 1. The third-order valence-electron chi connectivity index (χ3n) is 3.40. The fourth-order valence-corrected chi connectivity index (χ4v) is 2.77. The molecule has 0 aliphatic rings. The number of hydrogen-bond donors (Lipinski definition) is 1. The molecular weight excluding hydrogens is 402 g/mol. The summed E-state index contributed by atoms with van der Waals surface area (Å²) in [6.07, 6.45) is 1.20. The van der Waals surface area contributed by atoms with Crippen LogP contribution in [0.25, 0.3) is 10.9 Å². The SMILES string of the molecule is O=C(COc1ncnc2c(Cl)cc(Cl)cc12)Nc1cc([N+](=O)[O-])ccc1F. The van der Waals surface area contributed by atoms with Gasteiger partial charge in [0.25, 0.3) is 11.6 Å². The Bertz CT molecular complexity index is 1060. The molecule has 1 aromatic heterocycles. The summed E-state index contributed by atoms with van der Waals surface area (Å²) in [5.74, 6) is -1.51. The van der Waals surface area contributed by atoms with Gasteiger partial charge in [0.2, 0.25) is 5.88 Å². The second kappa shape index (κ2) is 7.68. The van der Waals surface area contributed by atoms with Crippen LogP contribution in [0, 0.1) is 15.9 Å². The zero-order valence-corrected chi connectivity index (χ0v) is 14.8. The summed E-state index contributed by atoms with van der Waals surface area (Å²) in [5, 5.41) is 14.0. The minimum Gasteiger partial charge on any atom is -0.467 e. The predicted octanol–water partition coefficient (Wildman–Crippen LogP) is 4.00. The monoisotopic (exact) mass is 410 g/mol. The van der Waals surface area contributed by atoms with Crippen molar-refractivity contribution in [3.05, 3.63) is 62.6 Å². The third-order valence-corrected chi connectivity index (χ3v) is 3.90. The highest BCUT2D eigenvalue weighted by Gasteiger charge is 2.15. The van der Waals surface area contributed by atoms with E-state index < -0.39 is 23.3 Å². The van der Waals surface area contributed by atoms with Crippen molar-refractivity contribution in [2.45, 2.75) is 0 Å². The molecule has 0 spiro atoms. The zero-order chi connectivity index (χ0) is 19.6. The van der Waals surface area contributed by atoms with Gasteiger partial charge >= 0.3 is 0 Å². The molecule has 0 atom stereocenters.